The first-order valence-corrected chi connectivity index (χ1v) is 7.71. The Bertz CT molecular complexity index is 922. The lowest BCUT2D eigenvalue weighted by atomic mass is 10.1. The van der Waals surface area contributed by atoms with Crippen LogP contribution in [-0.4, -0.2) is 15.6 Å². The minimum Gasteiger partial charge on any atom is -0.477 e. The van der Waals surface area contributed by atoms with E-state index in [1.165, 1.54) is 0 Å². The number of hydrogen-bond donors (Lipinski definition) is 1. The Labute approximate surface area is 135 Å². The molecule has 22 heavy (non-hydrogen) atoms. The summed E-state index contributed by atoms with van der Waals surface area (Å²) in [7, 11) is 0. The van der Waals surface area contributed by atoms with Gasteiger partial charge in [0, 0.05) is 10.7 Å². The number of rotatable bonds is 3. The van der Waals surface area contributed by atoms with Gasteiger partial charge in [0.15, 0.2) is 0 Å². The molecule has 0 saturated heterocycles. The fraction of sp³-hybridized carbons (Fsp3) is 0.0588. The summed E-state index contributed by atoms with van der Waals surface area (Å²) >= 11 is 3.42. The number of fused-ring (bicyclic) bond motifs is 1. The number of aromatic nitrogens is 1. The zero-order chi connectivity index (χ0) is 15.7. The van der Waals surface area contributed by atoms with Crippen molar-refractivity contribution in [2.24, 2.45) is 0 Å². The lowest BCUT2D eigenvalue weighted by molar-refractivity contribution is 0.0688. The van der Waals surface area contributed by atoms with Crippen molar-refractivity contribution in [2.45, 2.75) is 5.33 Å². The number of nitriles is 1. The normalized spacial score (nSPS) is 10.5. The van der Waals surface area contributed by atoms with E-state index in [1.54, 1.807) is 34.9 Å². The molecule has 0 fully saturated rings. The van der Waals surface area contributed by atoms with E-state index in [0.29, 0.717) is 16.6 Å². The van der Waals surface area contributed by atoms with Crippen LogP contribution < -0.4 is 0 Å². The van der Waals surface area contributed by atoms with Crippen molar-refractivity contribution in [3.63, 3.8) is 0 Å². The summed E-state index contributed by atoms with van der Waals surface area (Å²) in [5.41, 5.74) is 2.94. The van der Waals surface area contributed by atoms with Crippen LogP contribution in [0.5, 0.6) is 0 Å². The predicted molar refractivity (Wildman–Crippen MR) is 87.6 cm³/mol. The van der Waals surface area contributed by atoms with Crippen LogP contribution in [0.1, 0.15) is 21.6 Å². The molecule has 0 spiro atoms. The maximum absolute atomic E-state index is 11.6. The number of alkyl halides is 1. The molecule has 1 N–H and O–H groups in total. The van der Waals surface area contributed by atoms with E-state index in [0.717, 1.165) is 16.5 Å². The van der Waals surface area contributed by atoms with E-state index in [-0.39, 0.29) is 5.69 Å². The van der Waals surface area contributed by atoms with E-state index >= 15 is 0 Å². The number of carboxylic acids is 1. The number of para-hydroxylation sites is 1. The van der Waals surface area contributed by atoms with Crippen molar-refractivity contribution < 1.29 is 9.90 Å². The highest BCUT2D eigenvalue weighted by atomic mass is 79.9. The average molecular weight is 355 g/mol. The van der Waals surface area contributed by atoms with Gasteiger partial charge in [0.1, 0.15) is 11.8 Å². The summed E-state index contributed by atoms with van der Waals surface area (Å²) in [6, 6.07) is 16.5. The second-order valence-corrected chi connectivity index (χ2v) is 5.34. The van der Waals surface area contributed by atoms with E-state index in [1.807, 2.05) is 18.2 Å². The van der Waals surface area contributed by atoms with Crippen LogP contribution in [0, 0.1) is 11.3 Å². The van der Waals surface area contributed by atoms with Crippen LogP contribution in [0.25, 0.3) is 16.6 Å². The van der Waals surface area contributed by atoms with E-state index in [4.69, 9.17) is 0 Å². The molecule has 0 bridgehead atoms. The molecule has 108 valence electrons. The Balaban J connectivity index is 2.45. The Kier molecular flexibility index (Phi) is 3.70. The first-order valence-electron chi connectivity index (χ1n) is 6.59. The monoisotopic (exact) mass is 354 g/mol. The Hall–Kier alpha value is -2.58. The SMILES string of the molecule is N#Cc1ccccc1-n1c(C(=O)O)cc2c(CBr)cccc21. The van der Waals surface area contributed by atoms with Crippen molar-refractivity contribution >= 4 is 32.8 Å². The third-order valence-electron chi connectivity index (χ3n) is 3.56. The van der Waals surface area contributed by atoms with E-state index < -0.39 is 5.97 Å². The summed E-state index contributed by atoms with van der Waals surface area (Å²) < 4.78 is 1.63. The molecule has 3 rings (SSSR count). The van der Waals surface area contributed by atoms with Crippen molar-refractivity contribution in [1.29, 1.82) is 5.26 Å². The highest BCUT2D eigenvalue weighted by Gasteiger charge is 2.19. The van der Waals surface area contributed by atoms with Gasteiger partial charge in [0.25, 0.3) is 0 Å². The van der Waals surface area contributed by atoms with Crippen LogP contribution in [0.2, 0.25) is 0 Å². The number of carbonyl (C=O) groups is 1. The molecule has 0 aliphatic heterocycles. The number of aromatic carboxylic acids is 1. The zero-order valence-electron chi connectivity index (χ0n) is 11.5. The minimum atomic E-state index is -1.02. The second kappa shape index (κ2) is 5.66. The molecule has 2 aromatic carbocycles. The largest absolute Gasteiger partial charge is 0.477 e. The number of nitrogens with zero attached hydrogens (tertiary/aromatic N) is 2. The molecular weight excluding hydrogens is 344 g/mol. The smallest absolute Gasteiger partial charge is 0.352 e. The quantitative estimate of drug-likeness (QED) is 0.720. The first kappa shape index (κ1) is 14.4. The number of carboxylic acid groups (broad SMARTS) is 1. The van der Waals surface area contributed by atoms with Gasteiger partial charge in [-0.15, -0.1) is 0 Å². The average Bonchev–Trinajstić information content (AvgIpc) is 2.94. The molecule has 4 nitrogen and oxygen atoms in total. The van der Waals surface area contributed by atoms with E-state index in [9.17, 15) is 15.2 Å². The van der Waals surface area contributed by atoms with Gasteiger partial charge >= 0.3 is 5.97 Å². The van der Waals surface area contributed by atoms with Gasteiger partial charge in [0.2, 0.25) is 0 Å². The Morgan fingerprint density at radius 2 is 2.00 bits per heavy atom. The molecule has 0 atom stereocenters. The summed E-state index contributed by atoms with van der Waals surface area (Å²) in [4.78, 5) is 11.6. The molecule has 5 heteroatoms. The molecule has 1 aromatic heterocycles. The summed E-state index contributed by atoms with van der Waals surface area (Å²) in [5.74, 6) is -1.02. The van der Waals surface area contributed by atoms with Gasteiger partial charge in [-0.3, -0.25) is 0 Å². The zero-order valence-corrected chi connectivity index (χ0v) is 13.0. The van der Waals surface area contributed by atoms with E-state index in [2.05, 4.69) is 22.0 Å². The maximum atomic E-state index is 11.6. The van der Waals surface area contributed by atoms with Crippen LogP contribution in [0.3, 0.4) is 0 Å². The van der Waals surface area contributed by atoms with Crippen LogP contribution in [0.15, 0.2) is 48.5 Å². The third-order valence-corrected chi connectivity index (χ3v) is 4.17. The van der Waals surface area contributed by atoms with Gasteiger partial charge in [-0.1, -0.05) is 40.2 Å². The lowest BCUT2D eigenvalue weighted by Crippen LogP contribution is -2.07. The van der Waals surface area contributed by atoms with Crippen molar-refractivity contribution in [1.82, 2.24) is 4.57 Å². The van der Waals surface area contributed by atoms with Crippen LogP contribution >= 0.6 is 15.9 Å². The van der Waals surface area contributed by atoms with Gasteiger partial charge in [-0.05, 0) is 29.8 Å². The summed E-state index contributed by atoms with van der Waals surface area (Å²) in [6.07, 6.45) is 0. The maximum Gasteiger partial charge on any atom is 0.352 e. The van der Waals surface area contributed by atoms with Crippen molar-refractivity contribution in [2.75, 3.05) is 0 Å². The number of halogens is 1. The Morgan fingerprint density at radius 1 is 1.23 bits per heavy atom. The standard InChI is InChI=1S/C17H11BrN2O2/c18-9-11-5-3-7-15-13(11)8-16(17(21)22)20(15)14-6-2-1-4-12(14)10-19/h1-8H,9H2,(H,21,22). The molecule has 0 aliphatic rings. The molecule has 0 radical (unpaired) electrons. The summed E-state index contributed by atoms with van der Waals surface area (Å²) in [5, 5.41) is 20.3. The second-order valence-electron chi connectivity index (χ2n) is 4.78. The fourth-order valence-electron chi connectivity index (χ4n) is 2.59. The molecular formula is C17H11BrN2O2. The van der Waals surface area contributed by atoms with Crippen LogP contribution in [-0.2, 0) is 5.33 Å². The Morgan fingerprint density at radius 3 is 2.68 bits per heavy atom. The first-order chi connectivity index (χ1) is 10.7. The third kappa shape index (κ3) is 2.18. The number of benzene rings is 2. The molecule has 3 aromatic rings. The molecule has 0 unspecified atom stereocenters. The van der Waals surface area contributed by atoms with Crippen molar-refractivity contribution in [3.05, 3.63) is 65.4 Å². The van der Waals surface area contributed by atoms with Gasteiger partial charge in [-0.25, -0.2) is 4.79 Å². The van der Waals surface area contributed by atoms with Crippen molar-refractivity contribution in [3.8, 4) is 11.8 Å². The predicted octanol–water partition coefficient (Wildman–Crippen LogP) is 4.10. The highest BCUT2D eigenvalue weighted by molar-refractivity contribution is 9.08. The molecule has 0 saturated carbocycles. The van der Waals surface area contributed by atoms with Crippen LogP contribution in [0.4, 0.5) is 0 Å². The molecule has 1 heterocycles. The molecule has 0 amide bonds. The minimum absolute atomic E-state index is 0.145. The van der Waals surface area contributed by atoms with Gasteiger partial charge in [-0.2, -0.15) is 5.26 Å². The number of hydrogen-bond acceptors (Lipinski definition) is 2. The van der Waals surface area contributed by atoms with Gasteiger partial charge < -0.3 is 9.67 Å². The van der Waals surface area contributed by atoms with Gasteiger partial charge in [0.05, 0.1) is 16.8 Å². The highest BCUT2D eigenvalue weighted by Crippen LogP contribution is 2.29. The summed E-state index contributed by atoms with van der Waals surface area (Å²) in [6.45, 7) is 0. The fourth-order valence-corrected chi connectivity index (χ4v) is 3.08. The molecule has 0 aliphatic carbocycles. The lowest BCUT2D eigenvalue weighted by Gasteiger charge is -2.10. The topological polar surface area (TPSA) is 66.0 Å².